The third-order valence-electron chi connectivity index (χ3n) is 2.87. The summed E-state index contributed by atoms with van der Waals surface area (Å²) in [5, 5.41) is 0. The van der Waals surface area contributed by atoms with Crippen molar-refractivity contribution in [1.29, 1.82) is 0 Å². The van der Waals surface area contributed by atoms with Gasteiger partial charge in [0.25, 0.3) is 0 Å². The van der Waals surface area contributed by atoms with Crippen LogP contribution in [0.25, 0.3) is 0 Å². The van der Waals surface area contributed by atoms with Gasteiger partial charge < -0.3 is 14.2 Å². The third-order valence-corrected chi connectivity index (χ3v) is 2.87. The second-order valence-corrected chi connectivity index (χ2v) is 3.96. The highest BCUT2D eigenvalue weighted by atomic mass is 16.5. The maximum Gasteiger partial charge on any atom is 0.313 e. The average Bonchev–Trinajstić information content (AvgIpc) is 2.47. The largest absolute Gasteiger partial charge is 0.497 e. The lowest BCUT2D eigenvalue weighted by atomic mass is 9.94. The van der Waals surface area contributed by atoms with Gasteiger partial charge in [-0.2, -0.15) is 0 Å². The number of benzene rings is 1. The quantitative estimate of drug-likeness (QED) is 0.736. The summed E-state index contributed by atoms with van der Waals surface area (Å²) >= 11 is 0. The second-order valence-electron chi connectivity index (χ2n) is 3.96. The molecule has 0 aromatic heterocycles. The van der Waals surface area contributed by atoms with E-state index in [1.54, 1.807) is 31.4 Å². The highest BCUT2D eigenvalue weighted by molar-refractivity contribution is 5.79. The molecule has 19 heavy (non-hydrogen) atoms. The first kappa shape index (κ1) is 15.0. The van der Waals surface area contributed by atoms with E-state index in [0.717, 1.165) is 5.56 Å². The van der Waals surface area contributed by atoms with E-state index in [1.165, 1.54) is 14.2 Å². The summed E-state index contributed by atoms with van der Waals surface area (Å²) < 4.78 is 14.4. The van der Waals surface area contributed by atoms with E-state index in [2.05, 4.69) is 4.74 Å². The van der Waals surface area contributed by atoms with Gasteiger partial charge in [0.15, 0.2) is 0 Å². The first-order chi connectivity index (χ1) is 9.12. The standard InChI is InChI=1S/C14H18O5/c1-17-11-6-4-10(5-7-11)12(14(16)19-3)8-9-13(15)18-2/h4-7,12H,8-9H2,1-3H3. The van der Waals surface area contributed by atoms with Gasteiger partial charge in [-0.25, -0.2) is 0 Å². The van der Waals surface area contributed by atoms with Gasteiger partial charge in [0, 0.05) is 6.42 Å². The van der Waals surface area contributed by atoms with Crippen LogP contribution in [0, 0.1) is 0 Å². The molecule has 1 unspecified atom stereocenters. The van der Waals surface area contributed by atoms with Gasteiger partial charge >= 0.3 is 11.9 Å². The monoisotopic (exact) mass is 266 g/mol. The third kappa shape index (κ3) is 4.28. The van der Waals surface area contributed by atoms with E-state index in [4.69, 9.17) is 9.47 Å². The van der Waals surface area contributed by atoms with Crippen LogP contribution in [0.5, 0.6) is 5.75 Å². The number of ether oxygens (including phenoxy) is 3. The number of hydrogen-bond donors (Lipinski definition) is 0. The second kappa shape index (κ2) is 7.41. The topological polar surface area (TPSA) is 61.8 Å². The molecule has 0 spiro atoms. The molecule has 0 heterocycles. The van der Waals surface area contributed by atoms with Gasteiger partial charge in [-0.3, -0.25) is 9.59 Å². The van der Waals surface area contributed by atoms with Gasteiger partial charge in [-0.1, -0.05) is 12.1 Å². The molecule has 0 radical (unpaired) electrons. The van der Waals surface area contributed by atoms with E-state index < -0.39 is 5.92 Å². The van der Waals surface area contributed by atoms with Crippen LogP contribution >= 0.6 is 0 Å². The fourth-order valence-electron chi connectivity index (χ4n) is 1.76. The summed E-state index contributed by atoms with van der Waals surface area (Å²) in [5.74, 6) is -0.480. The minimum absolute atomic E-state index is 0.169. The van der Waals surface area contributed by atoms with Gasteiger partial charge in [-0.05, 0) is 24.1 Å². The Hall–Kier alpha value is -2.04. The highest BCUT2D eigenvalue weighted by Gasteiger charge is 2.22. The van der Waals surface area contributed by atoms with Crippen molar-refractivity contribution in [2.24, 2.45) is 0 Å². The van der Waals surface area contributed by atoms with Crippen LogP contribution in [0.4, 0.5) is 0 Å². The van der Waals surface area contributed by atoms with Crippen molar-refractivity contribution in [1.82, 2.24) is 0 Å². The van der Waals surface area contributed by atoms with Crippen molar-refractivity contribution < 1.29 is 23.8 Å². The Bertz CT molecular complexity index is 424. The summed E-state index contributed by atoms with van der Waals surface area (Å²) in [5.41, 5.74) is 0.788. The van der Waals surface area contributed by atoms with Crippen molar-refractivity contribution in [2.45, 2.75) is 18.8 Å². The molecule has 0 aliphatic heterocycles. The van der Waals surface area contributed by atoms with Gasteiger partial charge in [0.05, 0.1) is 27.2 Å². The molecule has 0 fully saturated rings. The zero-order valence-electron chi connectivity index (χ0n) is 11.3. The Balaban J connectivity index is 2.83. The van der Waals surface area contributed by atoms with Crippen molar-refractivity contribution in [3.63, 3.8) is 0 Å². The molecule has 1 aromatic rings. The number of carbonyl (C=O) groups is 2. The van der Waals surface area contributed by atoms with Crippen LogP contribution in [0.3, 0.4) is 0 Å². The molecule has 5 heteroatoms. The molecule has 0 N–H and O–H groups in total. The summed E-state index contributed by atoms with van der Waals surface area (Å²) in [6.45, 7) is 0. The maximum absolute atomic E-state index is 11.8. The van der Waals surface area contributed by atoms with E-state index in [-0.39, 0.29) is 18.4 Å². The van der Waals surface area contributed by atoms with E-state index in [9.17, 15) is 9.59 Å². The lowest BCUT2D eigenvalue weighted by Gasteiger charge is -2.14. The predicted octanol–water partition coefficient (Wildman–Crippen LogP) is 1.90. The predicted molar refractivity (Wildman–Crippen MR) is 69.0 cm³/mol. The molecule has 104 valence electrons. The van der Waals surface area contributed by atoms with Crippen molar-refractivity contribution in [2.75, 3.05) is 21.3 Å². The lowest BCUT2D eigenvalue weighted by molar-refractivity contribution is -0.143. The Labute approximate surface area is 112 Å². The van der Waals surface area contributed by atoms with Crippen molar-refractivity contribution in [3.05, 3.63) is 29.8 Å². The Morgan fingerprint density at radius 1 is 1.05 bits per heavy atom. The summed E-state index contributed by atoms with van der Waals surface area (Å²) in [7, 11) is 4.23. The lowest BCUT2D eigenvalue weighted by Crippen LogP contribution is -2.16. The van der Waals surface area contributed by atoms with Gasteiger partial charge in [-0.15, -0.1) is 0 Å². The van der Waals surface area contributed by atoms with Crippen LogP contribution in [-0.4, -0.2) is 33.3 Å². The molecule has 0 bridgehead atoms. The number of carbonyl (C=O) groups excluding carboxylic acids is 2. The van der Waals surface area contributed by atoms with Crippen LogP contribution < -0.4 is 4.74 Å². The molecule has 5 nitrogen and oxygen atoms in total. The molecule has 0 amide bonds. The Morgan fingerprint density at radius 2 is 1.68 bits per heavy atom. The molecule has 1 rings (SSSR count). The summed E-state index contributed by atoms with van der Waals surface area (Å²) in [6, 6.07) is 7.11. The minimum Gasteiger partial charge on any atom is -0.497 e. The fraction of sp³-hybridized carbons (Fsp3) is 0.429. The summed E-state index contributed by atoms with van der Waals surface area (Å²) in [6.07, 6.45) is 0.522. The van der Waals surface area contributed by atoms with E-state index >= 15 is 0 Å². The maximum atomic E-state index is 11.8. The first-order valence-corrected chi connectivity index (χ1v) is 5.91. The van der Waals surface area contributed by atoms with Crippen LogP contribution in [0.2, 0.25) is 0 Å². The minimum atomic E-state index is -0.477. The zero-order chi connectivity index (χ0) is 14.3. The normalized spacial score (nSPS) is 11.5. The zero-order valence-corrected chi connectivity index (χ0v) is 11.3. The molecule has 1 atom stereocenters. The number of rotatable bonds is 6. The van der Waals surface area contributed by atoms with Gasteiger partial charge in [0.1, 0.15) is 5.75 Å². The molecule has 0 saturated carbocycles. The van der Waals surface area contributed by atoms with Crippen LogP contribution in [0.1, 0.15) is 24.3 Å². The SMILES string of the molecule is COC(=O)CCC(C(=O)OC)c1ccc(OC)cc1. The average molecular weight is 266 g/mol. The summed E-state index contributed by atoms with van der Waals surface area (Å²) in [4.78, 5) is 22.9. The number of esters is 2. The van der Waals surface area contributed by atoms with Crippen LogP contribution in [0.15, 0.2) is 24.3 Å². The molecule has 0 aliphatic rings. The van der Waals surface area contributed by atoms with Crippen molar-refractivity contribution in [3.8, 4) is 5.75 Å². The molecule has 0 saturated heterocycles. The van der Waals surface area contributed by atoms with E-state index in [0.29, 0.717) is 12.2 Å². The smallest absolute Gasteiger partial charge is 0.313 e. The number of methoxy groups -OCH3 is 3. The van der Waals surface area contributed by atoms with Crippen molar-refractivity contribution >= 4 is 11.9 Å². The number of hydrogen-bond acceptors (Lipinski definition) is 5. The molecular formula is C14H18O5. The van der Waals surface area contributed by atoms with Crippen LogP contribution in [-0.2, 0) is 19.1 Å². The first-order valence-electron chi connectivity index (χ1n) is 5.91. The molecular weight excluding hydrogens is 248 g/mol. The molecule has 1 aromatic carbocycles. The Kier molecular flexibility index (Phi) is 5.85. The molecule has 0 aliphatic carbocycles. The Morgan fingerprint density at radius 3 is 2.16 bits per heavy atom. The fourth-order valence-corrected chi connectivity index (χ4v) is 1.76. The van der Waals surface area contributed by atoms with Gasteiger partial charge in [0.2, 0.25) is 0 Å². The van der Waals surface area contributed by atoms with E-state index in [1.807, 2.05) is 0 Å². The highest BCUT2D eigenvalue weighted by Crippen LogP contribution is 2.25.